The van der Waals surface area contributed by atoms with Gasteiger partial charge >= 0.3 is 12.0 Å². The van der Waals surface area contributed by atoms with E-state index >= 15 is 0 Å². The van der Waals surface area contributed by atoms with Gasteiger partial charge in [-0.05, 0) is 17.7 Å². The Morgan fingerprint density at radius 2 is 1.54 bits per heavy atom. The zero-order chi connectivity index (χ0) is 20.4. The Balaban J connectivity index is 2.00. The quantitative estimate of drug-likeness (QED) is 0.628. The van der Waals surface area contributed by atoms with Gasteiger partial charge in [-0.1, -0.05) is 48.5 Å². The molecule has 0 spiro atoms. The monoisotopic (exact) mass is 383 g/mol. The number of benzene rings is 2. The van der Waals surface area contributed by atoms with Crippen LogP contribution in [-0.2, 0) is 14.3 Å². The van der Waals surface area contributed by atoms with E-state index in [1.165, 1.54) is 7.05 Å². The molecule has 0 aromatic heterocycles. The predicted molar refractivity (Wildman–Crippen MR) is 101 cm³/mol. The molecule has 0 aliphatic heterocycles. The zero-order valence-electron chi connectivity index (χ0n) is 15.3. The molecular weight excluding hydrogens is 362 g/mol. The van der Waals surface area contributed by atoms with Crippen LogP contribution in [0.2, 0.25) is 0 Å². The van der Waals surface area contributed by atoms with Gasteiger partial charge in [0.15, 0.2) is 6.61 Å². The van der Waals surface area contributed by atoms with Crippen molar-refractivity contribution in [1.29, 1.82) is 0 Å². The van der Waals surface area contributed by atoms with Gasteiger partial charge in [0, 0.05) is 12.6 Å². The summed E-state index contributed by atoms with van der Waals surface area (Å²) in [4.78, 5) is 47.2. The molecule has 0 aliphatic carbocycles. The molecule has 0 bridgehead atoms. The van der Waals surface area contributed by atoms with Gasteiger partial charge in [-0.15, -0.1) is 0 Å². The van der Waals surface area contributed by atoms with Crippen LogP contribution in [0.1, 0.15) is 28.4 Å². The van der Waals surface area contributed by atoms with Crippen LogP contribution >= 0.6 is 0 Å². The molecule has 8 nitrogen and oxygen atoms in total. The molecule has 4 amide bonds. The van der Waals surface area contributed by atoms with E-state index in [0.717, 1.165) is 5.56 Å². The van der Waals surface area contributed by atoms with Crippen LogP contribution < -0.4 is 16.0 Å². The molecule has 3 N–H and O–H groups in total. The Morgan fingerprint density at radius 1 is 0.929 bits per heavy atom. The molecule has 0 saturated heterocycles. The van der Waals surface area contributed by atoms with Gasteiger partial charge < -0.3 is 15.4 Å². The number of ether oxygens (including phenoxy) is 1. The van der Waals surface area contributed by atoms with E-state index in [0.29, 0.717) is 5.56 Å². The fourth-order valence-electron chi connectivity index (χ4n) is 2.37. The summed E-state index contributed by atoms with van der Waals surface area (Å²) in [6.07, 6.45) is -0.171. The third-order valence-electron chi connectivity index (χ3n) is 3.76. The second-order valence-electron chi connectivity index (χ2n) is 5.79. The molecule has 0 heterocycles. The molecule has 0 fully saturated rings. The van der Waals surface area contributed by atoms with Crippen molar-refractivity contribution in [3.63, 3.8) is 0 Å². The lowest BCUT2D eigenvalue weighted by atomic mass is 10.0. The second-order valence-corrected chi connectivity index (χ2v) is 5.79. The minimum Gasteiger partial charge on any atom is -0.455 e. The number of imide groups is 1. The van der Waals surface area contributed by atoms with Crippen molar-refractivity contribution in [3.8, 4) is 0 Å². The first-order chi connectivity index (χ1) is 13.5. The van der Waals surface area contributed by atoms with Crippen molar-refractivity contribution in [3.05, 3.63) is 71.8 Å². The first-order valence-corrected chi connectivity index (χ1v) is 8.57. The fraction of sp³-hybridized carbons (Fsp3) is 0.200. The van der Waals surface area contributed by atoms with Crippen LogP contribution in [0.15, 0.2) is 60.7 Å². The molecule has 2 aromatic carbocycles. The zero-order valence-corrected chi connectivity index (χ0v) is 15.3. The Morgan fingerprint density at radius 3 is 2.14 bits per heavy atom. The molecule has 2 rings (SSSR count). The van der Waals surface area contributed by atoms with Crippen molar-refractivity contribution in [2.24, 2.45) is 0 Å². The Labute approximate surface area is 162 Å². The maximum Gasteiger partial charge on any atom is 0.321 e. The highest BCUT2D eigenvalue weighted by molar-refractivity contribution is 5.96. The maximum atomic E-state index is 12.5. The van der Waals surface area contributed by atoms with Crippen LogP contribution in [0, 0.1) is 0 Å². The molecule has 0 radical (unpaired) electrons. The summed E-state index contributed by atoms with van der Waals surface area (Å²) >= 11 is 0. The van der Waals surface area contributed by atoms with Crippen LogP contribution in [0.4, 0.5) is 4.79 Å². The van der Waals surface area contributed by atoms with Gasteiger partial charge in [0.2, 0.25) is 0 Å². The minimum absolute atomic E-state index is 0.171. The largest absolute Gasteiger partial charge is 0.455 e. The lowest BCUT2D eigenvalue weighted by Gasteiger charge is -2.18. The molecule has 0 unspecified atom stereocenters. The normalized spacial score (nSPS) is 11.0. The number of urea groups is 1. The number of carbonyl (C=O) groups excluding carboxylic acids is 4. The highest BCUT2D eigenvalue weighted by Crippen LogP contribution is 2.18. The smallest absolute Gasteiger partial charge is 0.321 e. The van der Waals surface area contributed by atoms with E-state index in [4.69, 9.17) is 4.74 Å². The molecule has 0 saturated carbocycles. The standard InChI is InChI=1S/C20H21N3O5/c1-21-20(27)23-17(24)13-28-18(25)12-16(14-8-4-2-5-9-14)22-19(26)15-10-6-3-7-11-15/h2-11,16H,12-13H2,1H3,(H,22,26)(H2,21,23,24,27)/t16-/m1/s1. The predicted octanol–water partition coefficient (Wildman–Crippen LogP) is 1.55. The average molecular weight is 383 g/mol. The van der Waals surface area contributed by atoms with Crippen molar-refractivity contribution in [2.75, 3.05) is 13.7 Å². The van der Waals surface area contributed by atoms with E-state index < -0.39 is 30.6 Å². The highest BCUT2D eigenvalue weighted by atomic mass is 16.5. The summed E-state index contributed by atoms with van der Waals surface area (Å²) in [5, 5.41) is 7.01. The summed E-state index contributed by atoms with van der Waals surface area (Å²) in [6.45, 7) is -0.597. The summed E-state index contributed by atoms with van der Waals surface area (Å²) < 4.78 is 4.91. The molecule has 2 aromatic rings. The fourth-order valence-corrected chi connectivity index (χ4v) is 2.37. The first kappa shape index (κ1) is 20.6. The number of hydrogen-bond donors (Lipinski definition) is 3. The second kappa shape index (κ2) is 10.5. The number of hydrogen-bond acceptors (Lipinski definition) is 5. The summed E-state index contributed by atoms with van der Waals surface area (Å²) in [5.41, 5.74) is 1.18. The summed E-state index contributed by atoms with van der Waals surface area (Å²) in [6, 6.07) is 16.2. The number of rotatable bonds is 7. The van der Waals surface area contributed by atoms with Gasteiger partial charge in [-0.2, -0.15) is 0 Å². The van der Waals surface area contributed by atoms with Crippen LogP contribution in [0.5, 0.6) is 0 Å². The summed E-state index contributed by atoms with van der Waals surface area (Å²) in [5.74, 6) is -1.77. The van der Waals surface area contributed by atoms with Crippen LogP contribution in [0.25, 0.3) is 0 Å². The lowest BCUT2D eigenvalue weighted by molar-refractivity contribution is -0.148. The topological polar surface area (TPSA) is 114 Å². The molecular formula is C20H21N3O5. The van der Waals surface area contributed by atoms with Gasteiger partial charge in [0.05, 0.1) is 12.5 Å². The number of amides is 4. The molecule has 8 heteroatoms. The molecule has 1 atom stereocenters. The van der Waals surface area contributed by atoms with E-state index in [2.05, 4.69) is 10.6 Å². The van der Waals surface area contributed by atoms with Crippen molar-refractivity contribution in [2.45, 2.75) is 12.5 Å². The molecule has 146 valence electrons. The maximum absolute atomic E-state index is 12.5. The summed E-state index contributed by atoms with van der Waals surface area (Å²) in [7, 11) is 1.36. The van der Waals surface area contributed by atoms with E-state index in [-0.39, 0.29) is 12.3 Å². The van der Waals surface area contributed by atoms with Crippen molar-refractivity contribution >= 4 is 23.8 Å². The molecule has 28 heavy (non-hydrogen) atoms. The average Bonchev–Trinajstić information content (AvgIpc) is 2.73. The van der Waals surface area contributed by atoms with Crippen molar-refractivity contribution in [1.82, 2.24) is 16.0 Å². The van der Waals surface area contributed by atoms with Gasteiger partial charge in [0.25, 0.3) is 11.8 Å². The van der Waals surface area contributed by atoms with Crippen LogP contribution in [0.3, 0.4) is 0 Å². The van der Waals surface area contributed by atoms with Gasteiger partial charge in [0.1, 0.15) is 0 Å². The Hall–Kier alpha value is -3.68. The molecule has 0 aliphatic rings. The van der Waals surface area contributed by atoms with Crippen molar-refractivity contribution < 1.29 is 23.9 Å². The minimum atomic E-state index is -0.753. The third-order valence-corrected chi connectivity index (χ3v) is 3.76. The third kappa shape index (κ3) is 6.56. The van der Waals surface area contributed by atoms with E-state index in [1.807, 2.05) is 11.4 Å². The SMILES string of the molecule is CNC(=O)NC(=O)COC(=O)C[C@@H](NC(=O)c1ccccc1)c1ccccc1. The van der Waals surface area contributed by atoms with E-state index in [1.54, 1.807) is 54.6 Å². The first-order valence-electron chi connectivity index (χ1n) is 8.57. The van der Waals surface area contributed by atoms with Gasteiger partial charge in [-0.25, -0.2) is 4.79 Å². The van der Waals surface area contributed by atoms with Gasteiger partial charge in [-0.3, -0.25) is 19.7 Å². The number of esters is 1. The highest BCUT2D eigenvalue weighted by Gasteiger charge is 2.21. The Kier molecular flexibility index (Phi) is 7.71. The number of carbonyl (C=O) groups is 4. The van der Waals surface area contributed by atoms with E-state index in [9.17, 15) is 19.2 Å². The van der Waals surface area contributed by atoms with Crippen LogP contribution in [-0.4, -0.2) is 37.5 Å². The number of nitrogens with one attached hydrogen (secondary N) is 3. The Bertz CT molecular complexity index is 824. The lowest BCUT2D eigenvalue weighted by Crippen LogP contribution is -2.40.